The van der Waals surface area contributed by atoms with Gasteiger partial charge in [-0.05, 0) is 109 Å². The van der Waals surface area contributed by atoms with E-state index >= 15 is 0 Å². The zero-order valence-electron chi connectivity index (χ0n) is 42.0. The summed E-state index contributed by atoms with van der Waals surface area (Å²) in [5, 5.41) is 0. The average Bonchev–Trinajstić information content (AvgIpc) is 3.30. The number of hydrogen-bond acceptors (Lipinski definition) is 5. The van der Waals surface area contributed by atoms with E-state index in [9.17, 15) is 9.59 Å². The first-order valence-electron chi connectivity index (χ1n) is 26.8. The molecule has 1 atom stereocenters. The molecule has 0 aliphatic carbocycles. The Morgan fingerprint density at radius 2 is 0.703 bits per heavy atom. The molecule has 0 fully saturated rings. The first-order chi connectivity index (χ1) is 31.6. The van der Waals surface area contributed by atoms with Gasteiger partial charge >= 0.3 is 11.9 Å². The van der Waals surface area contributed by atoms with Crippen LogP contribution in [-0.4, -0.2) is 37.9 Å². The van der Waals surface area contributed by atoms with Crippen LogP contribution in [0.2, 0.25) is 0 Å². The molecule has 5 heteroatoms. The molecule has 0 spiro atoms. The smallest absolute Gasteiger partial charge is 0.306 e. The predicted octanol–water partition coefficient (Wildman–Crippen LogP) is 18.2. The number of carbonyl (C=O) groups is 2. The second-order valence-electron chi connectivity index (χ2n) is 17.4. The Bertz CT molecular complexity index is 1230. The number of allylic oxidation sites excluding steroid dienone is 16. The summed E-state index contributed by atoms with van der Waals surface area (Å²) in [6.45, 7) is 7.51. The lowest BCUT2D eigenvalue weighted by molar-refractivity contribution is -0.163. The number of carbonyl (C=O) groups excluding carboxylic acids is 2. The molecule has 0 rings (SSSR count). The van der Waals surface area contributed by atoms with Crippen molar-refractivity contribution in [1.82, 2.24) is 0 Å². The Hall–Kier alpha value is -3.18. The standard InChI is InChI=1S/C59H100O5/c1-4-7-10-13-16-19-22-25-27-29-31-33-36-39-42-45-48-51-54-62-55-57(64-59(61)53-50-47-44-41-38-34-24-21-18-15-12-9-6-3)56-63-58(60)52-49-46-43-40-37-35-32-30-28-26-23-20-17-14-11-8-5-2/h7-8,10-12,15-17,19-21,24-28,57H,4-6,9,13-14,18,22-23,29-56H2,1-3H3/b10-7-,11-8-,15-12-,19-16-,20-17-,24-21-,27-25-,28-26-. The van der Waals surface area contributed by atoms with Crippen molar-refractivity contribution in [1.29, 1.82) is 0 Å². The summed E-state index contributed by atoms with van der Waals surface area (Å²) in [6.07, 6.45) is 72.7. The van der Waals surface area contributed by atoms with Gasteiger partial charge < -0.3 is 14.2 Å². The maximum Gasteiger partial charge on any atom is 0.306 e. The molecule has 1 unspecified atom stereocenters. The van der Waals surface area contributed by atoms with Gasteiger partial charge in [-0.2, -0.15) is 0 Å². The highest BCUT2D eigenvalue weighted by molar-refractivity contribution is 5.70. The molecule has 0 saturated heterocycles. The van der Waals surface area contributed by atoms with Crippen molar-refractivity contribution >= 4 is 11.9 Å². The van der Waals surface area contributed by atoms with Crippen LogP contribution in [0.3, 0.4) is 0 Å². The first-order valence-corrected chi connectivity index (χ1v) is 26.8. The maximum atomic E-state index is 12.8. The van der Waals surface area contributed by atoms with Gasteiger partial charge in [0, 0.05) is 19.4 Å². The normalized spacial score (nSPS) is 13.0. The van der Waals surface area contributed by atoms with Gasteiger partial charge in [0.1, 0.15) is 6.61 Å². The summed E-state index contributed by atoms with van der Waals surface area (Å²) in [5.41, 5.74) is 0. The van der Waals surface area contributed by atoms with Crippen LogP contribution in [0, 0.1) is 0 Å². The van der Waals surface area contributed by atoms with E-state index in [-0.39, 0.29) is 25.2 Å². The monoisotopic (exact) mass is 889 g/mol. The fourth-order valence-corrected chi connectivity index (χ4v) is 7.16. The summed E-state index contributed by atoms with van der Waals surface area (Å²) in [7, 11) is 0. The molecule has 0 aromatic carbocycles. The quantitative estimate of drug-likeness (QED) is 0.0346. The first kappa shape index (κ1) is 60.8. The highest BCUT2D eigenvalue weighted by Gasteiger charge is 2.17. The van der Waals surface area contributed by atoms with Gasteiger partial charge in [0.2, 0.25) is 0 Å². The third-order valence-electron chi connectivity index (χ3n) is 11.1. The van der Waals surface area contributed by atoms with Crippen LogP contribution in [0.5, 0.6) is 0 Å². The number of ether oxygens (including phenoxy) is 3. The molecule has 366 valence electrons. The summed E-state index contributed by atoms with van der Waals surface area (Å²) in [5.74, 6) is -0.430. The summed E-state index contributed by atoms with van der Waals surface area (Å²) in [4.78, 5) is 25.4. The van der Waals surface area contributed by atoms with Crippen molar-refractivity contribution < 1.29 is 23.8 Å². The molecule has 0 aliphatic rings. The van der Waals surface area contributed by atoms with Crippen molar-refractivity contribution in [2.75, 3.05) is 19.8 Å². The lowest BCUT2D eigenvalue weighted by Gasteiger charge is -2.18. The minimum Gasteiger partial charge on any atom is -0.462 e. The van der Waals surface area contributed by atoms with Crippen molar-refractivity contribution in [2.24, 2.45) is 0 Å². The van der Waals surface area contributed by atoms with Gasteiger partial charge in [0.05, 0.1) is 6.61 Å². The van der Waals surface area contributed by atoms with E-state index in [4.69, 9.17) is 14.2 Å². The molecular formula is C59H100O5. The van der Waals surface area contributed by atoms with Gasteiger partial charge in [0.25, 0.3) is 0 Å². The van der Waals surface area contributed by atoms with E-state index in [1.807, 2.05) is 0 Å². The minimum absolute atomic E-state index is 0.0668. The molecule has 0 radical (unpaired) electrons. The van der Waals surface area contributed by atoms with Crippen LogP contribution < -0.4 is 0 Å². The Balaban J connectivity index is 4.31. The molecule has 0 N–H and O–H groups in total. The molecule has 0 aromatic heterocycles. The van der Waals surface area contributed by atoms with E-state index in [0.717, 1.165) is 116 Å². The Morgan fingerprint density at radius 1 is 0.359 bits per heavy atom. The van der Waals surface area contributed by atoms with Crippen LogP contribution in [0.1, 0.15) is 239 Å². The molecule has 5 nitrogen and oxygen atoms in total. The molecule has 64 heavy (non-hydrogen) atoms. The third-order valence-corrected chi connectivity index (χ3v) is 11.1. The molecule has 0 bridgehead atoms. The van der Waals surface area contributed by atoms with Crippen LogP contribution in [0.15, 0.2) is 97.2 Å². The zero-order chi connectivity index (χ0) is 46.3. The summed E-state index contributed by atoms with van der Waals surface area (Å²) < 4.78 is 17.4. The van der Waals surface area contributed by atoms with Crippen LogP contribution >= 0.6 is 0 Å². The summed E-state index contributed by atoms with van der Waals surface area (Å²) >= 11 is 0. The highest BCUT2D eigenvalue weighted by Crippen LogP contribution is 2.14. The molecular weight excluding hydrogens is 789 g/mol. The molecule has 0 aliphatic heterocycles. The maximum absolute atomic E-state index is 12.8. The van der Waals surface area contributed by atoms with E-state index in [2.05, 4.69) is 118 Å². The van der Waals surface area contributed by atoms with E-state index in [0.29, 0.717) is 19.4 Å². The van der Waals surface area contributed by atoms with Crippen molar-refractivity contribution in [3.8, 4) is 0 Å². The molecule has 0 heterocycles. The molecule has 0 aromatic rings. The highest BCUT2D eigenvalue weighted by atomic mass is 16.6. The van der Waals surface area contributed by atoms with Gasteiger partial charge in [0.15, 0.2) is 6.10 Å². The van der Waals surface area contributed by atoms with E-state index in [1.54, 1.807) is 0 Å². The Morgan fingerprint density at radius 3 is 1.12 bits per heavy atom. The number of esters is 2. The second kappa shape index (κ2) is 54.2. The van der Waals surface area contributed by atoms with Gasteiger partial charge in [-0.1, -0.05) is 214 Å². The number of rotatable bonds is 48. The minimum atomic E-state index is -0.557. The topological polar surface area (TPSA) is 61.8 Å². The van der Waals surface area contributed by atoms with Crippen molar-refractivity contribution in [3.05, 3.63) is 97.2 Å². The predicted molar refractivity (Wildman–Crippen MR) is 279 cm³/mol. The fourth-order valence-electron chi connectivity index (χ4n) is 7.16. The lowest BCUT2D eigenvalue weighted by Crippen LogP contribution is -2.30. The number of unbranched alkanes of at least 4 members (excludes halogenated alkanes) is 21. The van der Waals surface area contributed by atoms with Crippen LogP contribution in [0.4, 0.5) is 0 Å². The third kappa shape index (κ3) is 51.5. The van der Waals surface area contributed by atoms with Crippen LogP contribution in [0.25, 0.3) is 0 Å². The molecule has 0 amide bonds. The SMILES string of the molecule is CC/C=C\C/C=C\C/C=C\CCCCCCCCCCOCC(COC(=O)CCCCCCCCC/C=C\C/C=C\C/C=C\CC)OC(=O)CCCCCCC/C=C\C/C=C\CCC. The Kier molecular flexibility index (Phi) is 51.5. The fraction of sp³-hybridized carbons (Fsp3) is 0.695. The second-order valence-corrected chi connectivity index (χ2v) is 17.4. The van der Waals surface area contributed by atoms with Gasteiger partial charge in [-0.3, -0.25) is 9.59 Å². The summed E-state index contributed by atoms with van der Waals surface area (Å²) in [6, 6.07) is 0. The van der Waals surface area contributed by atoms with Crippen molar-refractivity contribution in [3.63, 3.8) is 0 Å². The number of hydrogen-bond donors (Lipinski definition) is 0. The largest absolute Gasteiger partial charge is 0.462 e. The van der Waals surface area contributed by atoms with Crippen molar-refractivity contribution in [2.45, 2.75) is 245 Å². The Labute approximate surface area is 396 Å². The lowest BCUT2D eigenvalue weighted by atomic mass is 10.1. The molecule has 0 saturated carbocycles. The average molecular weight is 889 g/mol. The van der Waals surface area contributed by atoms with E-state index in [1.165, 1.54) is 89.9 Å². The van der Waals surface area contributed by atoms with Gasteiger partial charge in [-0.25, -0.2) is 0 Å². The van der Waals surface area contributed by atoms with Gasteiger partial charge in [-0.15, -0.1) is 0 Å². The van der Waals surface area contributed by atoms with Crippen LogP contribution in [-0.2, 0) is 23.8 Å². The van der Waals surface area contributed by atoms with E-state index < -0.39 is 6.10 Å². The zero-order valence-corrected chi connectivity index (χ0v) is 42.0.